The van der Waals surface area contributed by atoms with E-state index in [1.54, 1.807) is 0 Å². The largest absolute Gasteiger partial charge is 0.298 e. The quantitative estimate of drug-likeness (QED) is 0.658. The van der Waals surface area contributed by atoms with Crippen molar-refractivity contribution in [3.63, 3.8) is 0 Å². The highest BCUT2D eigenvalue weighted by molar-refractivity contribution is 5.13. The molecule has 2 atom stereocenters. The molecule has 1 heterocycles. The van der Waals surface area contributed by atoms with Gasteiger partial charge < -0.3 is 0 Å². The van der Waals surface area contributed by atoms with Gasteiger partial charge in [0.25, 0.3) is 0 Å². The van der Waals surface area contributed by atoms with Crippen molar-refractivity contribution in [2.45, 2.75) is 58.7 Å². The van der Waals surface area contributed by atoms with Crippen molar-refractivity contribution >= 4 is 0 Å². The van der Waals surface area contributed by atoms with Gasteiger partial charge in [-0.1, -0.05) is 19.6 Å². The van der Waals surface area contributed by atoms with Crippen molar-refractivity contribution in [3.05, 3.63) is 24.1 Å². The molecule has 1 unspecified atom stereocenters. The number of rotatable bonds is 5. The zero-order valence-electron chi connectivity index (χ0n) is 12.7. The average molecular weight is 271 g/mol. The second-order valence-electron chi connectivity index (χ2n) is 6.41. The van der Waals surface area contributed by atoms with Crippen LogP contribution in [0.15, 0.2) is 24.1 Å². The summed E-state index contributed by atoms with van der Waals surface area (Å²) in [5, 5.41) is 0. The second kappa shape index (κ2) is 6.65. The van der Waals surface area contributed by atoms with Crippen molar-refractivity contribution in [1.29, 1.82) is 0 Å². The Morgan fingerprint density at radius 2 is 2.11 bits per heavy atom. The fourth-order valence-corrected chi connectivity index (χ4v) is 2.54. The Hall–Kier alpha value is -0.700. The number of alkyl halides is 1. The summed E-state index contributed by atoms with van der Waals surface area (Å²) in [6.45, 7) is 14.0. The predicted molar refractivity (Wildman–Crippen MR) is 77.6 cm³/mol. The first kappa shape index (κ1) is 16.4. The van der Waals surface area contributed by atoms with E-state index in [0.29, 0.717) is 12.0 Å². The van der Waals surface area contributed by atoms with Crippen LogP contribution in [-0.2, 0) is 0 Å². The third-order valence-corrected chi connectivity index (χ3v) is 3.86. The molecule has 1 nitrogen and oxygen atoms in total. The minimum absolute atomic E-state index is 0.105. The maximum Gasteiger partial charge on any atom is 0.127 e. The van der Waals surface area contributed by atoms with Gasteiger partial charge in [-0.15, -0.1) is 0 Å². The van der Waals surface area contributed by atoms with Crippen LogP contribution in [0.25, 0.3) is 0 Å². The third-order valence-electron chi connectivity index (χ3n) is 3.86. The van der Waals surface area contributed by atoms with E-state index in [-0.39, 0.29) is 23.7 Å². The zero-order valence-corrected chi connectivity index (χ0v) is 12.7. The summed E-state index contributed by atoms with van der Waals surface area (Å²) in [4.78, 5) is 2.34. The van der Waals surface area contributed by atoms with Crippen LogP contribution in [0.3, 0.4) is 0 Å². The molecule has 0 aromatic heterocycles. The van der Waals surface area contributed by atoms with E-state index < -0.39 is 6.17 Å². The number of hydrogen-bond donors (Lipinski definition) is 0. The molecule has 1 aliphatic rings. The molecule has 1 aliphatic heterocycles. The normalized spacial score (nSPS) is 23.7. The maximum absolute atomic E-state index is 14.0. The van der Waals surface area contributed by atoms with Crippen LogP contribution < -0.4 is 0 Å². The van der Waals surface area contributed by atoms with Crippen LogP contribution in [0.5, 0.6) is 0 Å². The van der Waals surface area contributed by atoms with E-state index in [2.05, 4.69) is 32.3 Å². The van der Waals surface area contributed by atoms with Crippen LogP contribution in [0.4, 0.5) is 8.78 Å². The van der Waals surface area contributed by atoms with E-state index in [4.69, 9.17) is 0 Å². The van der Waals surface area contributed by atoms with Crippen molar-refractivity contribution in [2.75, 3.05) is 13.1 Å². The molecule has 0 amide bonds. The Morgan fingerprint density at radius 1 is 1.47 bits per heavy atom. The van der Waals surface area contributed by atoms with Crippen molar-refractivity contribution in [1.82, 2.24) is 4.90 Å². The Bertz CT molecular complexity index is 341. The Morgan fingerprint density at radius 3 is 2.58 bits per heavy atom. The first-order valence-corrected chi connectivity index (χ1v) is 7.18. The highest BCUT2D eigenvalue weighted by atomic mass is 19.1. The minimum Gasteiger partial charge on any atom is -0.298 e. The lowest BCUT2D eigenvalue weighted by molar-refractivity contribution is 0.169. The van der Waals surface area contributed by atoms with Gasteiger partial charge in [-0.2, -0.15) is 0 Å². The molecule has 0 aromatic rings. The standard InChI is InChI=1S/C16H27F2N/c1-6-7-14(17)10-15(18)12(2)13-8-9-19(11-13)16(3,4)5/h7,13,15H,2,6,8-11H2,1,3-5H3/b14-7+/t13-,15?/m0/s1. The summed E-state index contributed by atoms with van der Waals surface area (Å²) in [5.74, 6) is -0.203. The molecule has 0 N–H and O–H groups in total. The Kier molecular flexibility index (Phi) is 5.72. The van der Waals surface area contributed by atoms with Crippen molar-refractivity contribution in [2.24, 2.45) is 5.92 Å². The summed E-state index contributed by atoms with van der Waals surface area (Å²) in [6.07, 6.45) is 1.56. The topological polar surface area (TPSA) is 3.24 Å². The summed E-state index contributed by atoms with van der Waals surface area (Å²) in [6, 6.07) is 0. The lowest BCUT2D eigenvalue weighted by atomic mass is 9.93. The lowest BCUT2D eigenvalue weighted by Gasteiger charge is -2.32. The molecule has 0 aliphatic carbocycles. The molecule has 1 fully saturated rings. The molecule has 0 spiro atoms. The molecular formula is C16H27F2N. The maximum atomic E-state index is 14.0. The van der Waals surface area contributed by atoms with E-state index >= 15 is 0 Å². The molecule has 0 saturated carbocycles. The first-order valence-electron chi connectivity index (χ1n) is 7.18. The fourth-order valence-electron chi connectivity index (χ4n) is 2.54. The van der Waals surface area contributed by atoms with Gasteiger partial charge >= 0.3 is 0 Å². The number of nitrogens with zero attached hydrogens (tertiary/aromatic N) is 1. The van der Waals surface area contributed by atoms with Gasteiger partial charge in [0.15, 0.2) is 0 Å². The molecule has 0 bridgehead atoms. The molecule has 110 valence electrons. The molecule has 19 heavy (non-hydrogen) atoms. The Balaban J connectivity index is 2.53. The molecule has 1 saturated heterocycles. The SMILES string of the molecule is C=C(C(F)C/C(F)=C\CC)[C@H]1CCN(C(C)(C)C)C1. The molecule has 0 radical (unpaired) electrons. The second-order valence-corrected chi connectivity index (χ2v) is 6.41. The molecule has 1 rings (SSSR count). The number of hydrogen-bond acceptors (Lipinski definition) is 1. The molecule has 0 aromatic carbocycles. The van der Waals surface area contributed by atoms with Crippen LogP contribution in [0.2, 0.25) is 0 Å². The summed E-state index contributed by atoms with van der Waals surface area (Å²) in [5.41, 5.74) is 0.667. The van der Waals surface area contributed by atoms with Crippen molar-refractivity contribution in [3.8, 4) is 0 Å². The van der Waals surface area contributed by atoms with Crippen LogP contribution >= 0.6 is 0 Å². The van der Waals surface area contributed by atoms with E-state index in [1.807, 2.05) is 6.92 Å². The summed E-state index contributed by atoms with van der Waals surface area (Å²) >= 11 is 0. The highest BCUT2D eigenvalue weighted by Crippen LogP contribution is 2.32. The number of allylic oxidation sites excluding steroid dienone is 2. The van der Waals surface area contributed by atoms with Crippen LogP contribution in [0.1, 0.15) is 47.0 Å². The van der Waals surface area contributed by atoms with Crippen molar-refractivity contribution < 1.29 is 8.78 Å². The van der Waals surface area contributed by atoms with E-state index in [9.17, 15) is 8.78 Å². The van der Waals surface area contributed by atoms with Crippen LogP contribution in [-0.4, -0.2) is 29.7 Å². The Labute approximate surface area is 116 Å². The fraction of sp³-hybridized carbons (Fsp3) is 0.750. The van der Waals surface area contributed by atoms with Crippen LogP contribution in [0, 0.1) is 5.92 Å². The smallest absolute Gasteiger partial charge is 0.127 e. The predicted octanol–water partition coefficient (Wildman–Crippen LogP) is 4.65. The molecule has 3 heteroatoms. The van der Waals surface area contributed by atoms with Gasteiger partial charge in [-0.3, -0.25) is 4.90 Å². The highest BCUT2D eigenvalue weighted by Gasteiger charge is 2.33. The van der Waals surface area contributed by atoms with Gasteiger partial charge in [-0.25, -0.2) is 8.78 Å². The van der Waals surface area contributed by atoms with Gasteiger partial charge in [0, 0.05) is 18.5 Å². The summed E-state index contributed by atoms with van der Waals surface area (Å²) < 4.78 is 27.4. The van der Waals surface area contributed by atoms with Gasteiger partial charge in [0.1, 0.15) is 6.17 Å². The lowest BCUT2D eigenvalue weighted by Crippen LogP contribution is -2.39. The molecular weight excluding hydrogens is 244 g/mol. The van der Waals surface area contributed by atoms with E-state index in [1.165, 1.54) is 6.08 Å². The monoisotopic (exact) mass is 271 g/mol. The first-order chi connectivity index (χ1) is 8.75. The summed E-state index contributed by atoms with van der Waals surface area (Å²) in [7, 11) is 0. The number of halogens is 2. The third kappa shape index (κ3) is 4.72. The van der Waals surface area contributed by atoms with E-state index in [0.717, 1.165) is 19.5 Å². The van der Waals surface area contributed by atoms with Gasteiger partial charge in [-0.05, 0) is 51.6 Å². The van der Waals surface area contributed by atoms with Gasteiger partial charge in [0.2, 0.25) is 0 Å². The zero-order chi connectivity index (χ0) is 14.6. The number of likely N-dealkylation sites (tertiary alicyclic amines) is 1. The average Bonchev–Trinajstić information content (AvgIpc) is 2.76. The van der Waals surface area contributed by atoms with Gasteiger partial charge in [0.05, 0.1) is 5.83 Å². The minimum atomic E-state index is -1.26.